The number of Topliss-reactive ketones (excluding diaryl/α,β-unsaturated/α-hetero) is 1. The first-order chi connectivity index (χ1) is 10.5. The van der Waals surface area contributed by atoms with Gasteiger partial charge in [-0.3, -0.25) is 9.59 Å². The van der Waals surface area contributed by atoms with E-state index in [4.69, 9.17) is 10.5 Å². The van der Waals surface area contributed by atoms with Crippen molar-refractivity contribution in [1.29, 1.82) is 0 Å². The Hall–Kier alpha value is -1.68. The Balaban J connectivity index is 1.95. The summed E-state index contributed by atoms with van der Waals surface area (Å²) < 4.78 is 5.38. The molecule has 119 valence electrons. The molecule has 1 aromatic carbocycles. The molecule has 0 aliphatic heterocycles. The Bertz CT molecular complexity index is 512. The minimum Gasteiger partial charge on any atom is -0.461 e. The van der Waals surface area contributed by atoms with E-state index in [1.54, 1.807) is 0 Å². The lowest BCUT2D eigenvalue weighted by atomic mass is 9.85. The van der Waals surface area contributed by atoms with Crippen molar-refractivity contribution in [3.8, 4) is 0 Å². The van der Waals surface area contributed by atoms with Crippen molar-refractivity contribution in [1.82, 2.24) is 0 Å². The van der Waals surface area contributed by atoms with Gasteiger partial charge in [-0.05, 0) is 24.3 Å². The van der Waals surface area contributed by atoms with E-state index in [-0.39, 0.29) is 24.3 Å². The van der Waals surface area contributed by atoms with Crippen molar-refractivity contribution >= 4 is 11.8 Å². The van der Waals surface area contributed by atoms with Crippen LogP contribution in [0.3, 0.4) is 0 Å². The summed E-state index contributed by atoms with van der Waals surface area (Å²) in [6.45, 7) is 4.08. The number of nitrogens with two attached hydrogens (primary N) is 1. The summed E-state index contributed by atoms with van der Waals surface area (Å²) in [6.07, 6.45) is 2.18. The molecule has 2 N–H and O–H groups in total. The normalized spacial score (nSPS) is 20.1. The van der Waals surface area contributed by atoms with E-state index >= 15 is 0 Å². The summed E-state index contributed by atoms with van der Waals surface area (Å²) in [4.78, 5) is 24.7. The summed E-state index contributed by atoms with van der Waals surface area (Å²) in [5, 5.41) is 0. The van der Waals surface area contributed by atoms with E-state index in [1.807, 2.05) is 44.2 Å². The van der Waals surface area contributed by atoms with Gasteiger partial charge in [0.25, 0.3) is 0 Å². The van der Waals surface area contributed by atoms with Gasteiger partial charge >= 0.3 is 5.97 Å². The van der Waals surface area contributed by atoms with E-state index < -0.39 is 12.0 Å². The molecule has 0 saturated heterocycles. The minimum absolute atomic E-state index is 0.0709. The highest BCUT2D eigenvalue weighted by molar-refractivity contribution is 6.01. The Morgan fingerprint density at radius 2 is 1.95 bits per heavy atom. The van der Waals surface area contributed by atoms with Crippen molar-refractivity contribution in [2.24, 2.45) is 17.6 Å². The smallest absolute Gasteiger partial charge is 0.310 e. The molecule has 0 heterocycles. The number of carbonyl (C=O) groups excluding carboxylic acids is 2. The highest BCUT2D eigenvalue weighted by atomic mass is 16.5. The van der Waals surface area contributed by atoms with Gasteiger partial charge in [0, 0.05) is 0 Å². The highest BCUT2D eigenvalue weighted by Gasteiger charge is 2.41. The first kappa shape index (κ1) is 16.7. The maximum Gasteiger partial charge on any atom is 0.310 e. The molecule has 0 bridgehead atoms. The molecular weight excluding hydrogens is 278 g/mol. The number of rotatable bonds is 6. The molecule has 0 amide bonds. The molecule has 1 aliphatic rings. The molecule has 1 unspecified atom stereocenters. The minimum atomic E-state index is -0.530. The first-order valence-corrected chi connectivity index (χ1v) is 7.86. The molecule has 2 rings (SSSR count). The summed E-state index contributed by atoms with van der Waals surface area (Å²) in [5.41, 5.74) is 6.89. The number of ether oxygens (including phenoxy) is 1. The van der Waals surface area contributed by atoms with Crippen LogP contribution in [0.2, 0.25) is 0 Å². The number of esters is 1. The molecule has 0 aromatic heterocycles. The van der Waals surface area contributed by atoms with Gasteiger partial charge in [0.2, 0.25) is 0 Å². The SMILES string of the molecule is CC(C)[C@H](N)C(=O)[C]1CCCC1C(=O)OCc1ccccc1. The number of hydrogen-bond acceptors (Lipinski definition) is 4. The number of ketones is 1. The van der Waals surface area contributed by atoms with Gasteiger partial charge in [-0.15, -0.1) is 0 Å². The summed E-state index contributed by atoms with van der Waals surface area (Å²) in [5.74, 6) is -0.0725. The Morgan fingerprint density at radius 1 is 1.27 bits per heavy atom. The fraction of sp³-hybridized carbons (Fsp3) is 0.500. The van der Waals surface area contributed by atoms with Crippen LogP contribution in [-0.4, -0.2) is 17.8 Å². The van der Waals surface area contributed by atoms with Crippen molar-refractivity contribution < 1.29 is 14.3 Å². The quantitative estimate of drug-likeness (QED) is 0.820. The lowest BCUT2D eigenvalue weighted by molar-refractivity contribution is -0.150. The average Bonchev–Trinajstić information content (AvgIpc) is 3.01. The third kappa shape index (κ3) is 3.95. The van der Waals surface area contributed by atoms with E-state index in [2.05, 4.69) is 0 Å². The topological polar surface area (TPSA) is 69.4 Å². The fourth-order valence-electron chi connectivity index (χ4n) is 2.75. The van der Waals surface area contributed by atoms with Crippen molar-refractivity contribution in [3.63, 3.8) is 0 Å². The van der Waals surface area contributed by atoms with Crippen LogP contribution in [0.25, 0.3) is 0 Å². The summed E-state index contributed by atoms with van der Waals surface area (Å²) >= 11 is 0. The van der Waals surface area contributed by atoms with Crippen molar-refractivity contribution in [2.45, 2.75) is 45.8 Å². The van der Waals surface area contributed by atoms with Crippen LogP contribution in [0.5, 0.6) is 0 Å². The summed E-state index contributed by atoms with van der Waals surface area (Å²) in [7, 11) is 0. The third-order valence-corrected chi connectivity index (χ3v) is 4.21. The zero-order valence-electron chi connectivity index (χ0n) is 13.2. The Morgan fingerprint density at radius 3 is 2.59 bits per heavy atom. The van der Waals surface area contributed by atoms with Gasteiger partial charge in [0.1, 0.15) is 6.61 Å². The monoisotopic (exact) mass is 302 g/mol. The lowest BCUT2D eigenvalue weighted by Gasteiger charge is -2.22. The van der Waals surface area contributed by atoms with E-state index in [0.29, 0.717) is 18.8 Å². The van der Waals surface area contributed by atoms with Crippen LogP contribution in [0.4, 0.5) is 0 Å². The molecule has 4 nitrogen and oxygen atoms in total. The van der Waals surface area contributed by atoms with E-state index in [0.717, 1.165) is 12.0 Å². The average molecular weight is 302 g/mol. The van der Waals surface area contributed by atoms with Crippen LogP contribution in [0, 0.1) is 17.8 Å². The maximum absolute atomic E-state index is 12.4. The molecule has 22 heavy (non-hydrogen) atoms. The van der Waals surface area contributed by atoms with E-state index in [1.165, 1.54) is 0 Å². The van der Waals surface area contributed by atoms with Crippen molar-refractivity contribution in [2.75, 3.05) is 0 Å². The molecule has 1 aliphatic carbocycles. The molecular formula is C18H24NO3. The third-order valence-electron chi connectivity index (χ3n) is 4.21. The number of hydrogen-bond donors (Lipinski definition) is 1. The van der Waals surface area contributed by atoms with Gasteiger partial charge in [-0.1, -0.05) is 50.6 Å². The van der Waals surface area contributed by atoms with Crippen LogP contribution in [0.15, 0.2) is 30.3 Å². The van der Waals surface area contributed by atoms with E-state index in [9.17, 15) is 9.59 Å². The standard InChI is InChI=1S/C18H24NO3/c1-12(2)16(19)17(20)14-9-6-10-15(14)18(21)22-11-13-7-4-3-5-8-13/h3-5,7-8,12,15-16H,6,9-11,19H2,1-2H3/t15?,16-/m0/s1. The number of carbonyl (C=O) groups is 2. The predicted octanol–water partition coefficient (Wildman–Crippen LogP) is 2.66. The first-order valence-electron chi connectivity index (χ1n) is 7.86. The fourth-order valence-corrected chi connectivity index (χ4v) is 2.75. The van der Waals surface area contributed by atoms with Gasteiger partial charge in [-0.2, -0.15) is 0 Å². The molecule has 1 fully saturated rings. The van der Waals surface area contributed by atoms with Gasteiger partial charge < -0.3 is 10.5 Å². The second-order valence-electron chi connectivity index (χ2n) is 6.20. The van der Waals surface area contributed by atoms with Crippen LogP contribution in [-0.2, 0) is 20.9 Å². The predicted molar refractivity (Wildman–Crippen MR) is 84.6 cm³/mol. The van der Waals surface area contributed by atoms with Gasteiger partial charge in [0.05, 0.1) is 17.9 Å². The van der Waals surface area contributed by atoms with Crippen molar-refractivity contribution in [3.05, 3.63) is 41.8 Å². The largest absolute Gasteiger partial charge is 0.461 e. The second kappa shape index (κ2) is 7.54. The molecule has 1 radical (unpaired) electrons. The number of benzene rings is 1. The molecule has 2 atom stereocenters. The molecule has 4 heteroatoms. The highest BCUT2D eigenvalue weighted by Crippen LogP contribution is 2.36. The van der Waals surface area contributed by atoms with Crippen LogP contribution >= 0.6 is 0 Å². The van der Waals surface area contributed by atoms with Gasteiger partial charge in [-0.25, -0.2) is 0 Å². The van der Waals surface area contributed by atoms with Crippen LogP contribution < -0.4 is 5.73 Å². The molecule has 1 saturated carbocycles. The zero-order chi connectivity index (χ0) is 16.1. The zero-order valence-corrected chi connectivity index (χ0v) is 13.2. The lowest BCUT2D eigenvalue weighted by Crippen LogP contribution is -2.41. The van der Waals surface area contributed by atoms with Crippen LogP contribution in [0.1, 0.15) is 38.7 Å². The van der Waals surface area contributed by atoms with Gasteiger partial charge in [0.15, 0.2) is 5.78 Å². The molecule has 0 spiro atoms. The maximum atomic E-state index is 12.4. The summed E-state index contributed by atoms with van der Waals surface area (Å²) in [6, 6.07) is 9.01. The Labute approximate surface area is 132 Å². The second-order valence-corrected chi connectivity index (χ2v) is 6.20. The Kier molecular flexibility index (Phi) is 5.72. The molecule has 1 aromatic rings.